The van der Waals surface area contributed by atoms with Gasteiger partial charge in [-0.3, -0.25) is 4.79 Å². The Bertz CT molecular complexity index is 1200. The molecule has 5 heterocycles. The molecule has 166 valence electrons. The zero-order valence-electron chi connectivity index (χ0n) is 17.4. The molecule has 0 aromatic carbocycles. The Hall–Kier alpha value is -3.74. The van der Waals surface area contributed by atoms with Gasteiger partial charge in [0.25, 0.3) is 5.78 Å². The number of fused-ring (bicyclic) bond motifs is 1. The van der Waals surface area contributed by atoms with E-state index in [0.717, 1.165) is 18.2 Å². The molecule has 0 bridgehead atoms. The Morgan fingerprint density at radius 2 is 2.12 bits per heavy atom. The van der Waals surface area contributed by atoms with Crippen LogP contribution in [0.4, 0.5) is 17.0 Å². The van der Waals surface area contributed by atoms with E-state index in [9.17, 15) is 4.79 Å². The summed E-state index contributed by atoms with van der Waals surface area (Å²) in [6, 6.07) is 3.02. The van der Waals surface area contributed by atoms with Gasteiger partial charge in [0.15, 0.2) is 10.9 Å². The lowest BCUT2D eigenvalue weighted by Crippen LogP contribution is -2.52. The summed E-state index contributed by atoms with van der Waals surface area (Å²) >= 11 is 1.61. The summed E-state index contributed by atoms with van der Waals surface area (Å²) in [4.78, 5) is 34.5. The van der Waals surface area contributed by atoms with Crippen molar-refractivity contribution in [2.45, 2.75) is 19.4 Å². The first kappa shape index (κ1) is 20.2. The van der Waals surface area contributed by atoms with E-state index in [4.69, 9.17) is 10.2 Å². The minimum Gasteiger partial charge on any atom is -0.461 e. The Kier molecular flexibility index (Phi) is 5.31. The van der Waals surface area contributed by atoms with Crippen molar-refractivity contribution in [3.63, 3.8) is 0 Å². The van der Waals surface area contributed by atoms with Crippen LogP contribution in [0.3, 0.4) is 0 Å². The predicted molar refractivity (Wildman–Crippen MR) is 119 cm³/mol. The van der Waals surface area contributed by atoms with Crippen LogP contribution < -0.4 is 16.0 Å². The molecule has 1 amide bonds. The Labute approximate surface area is 187 Å². The molecule has 4 aromatic heterocycles. The molecule has 1 fully saturated rings. The zero-order valence-corrected chi connectivity index (χ0v) is 18.2. The number of carbonyl (C=O) groups is 1. The number of hydrogen-bond acceptors (Lipinski definition) is 11. The van der Waals surface area contributed by atoms with Gasteiger partial charge in [-0.05, 0) is 18.6 Å². The Morgan fingerprint density at radius 3 is 2.81 bits per heavy atom. The Balaban J connectivity index is 1.29. The third-order valence-corrected chi connectivity index (χ3v) is 6.10. The fraction of sp³-hybridized carbons (Fsp3) is 0.368. The standard InChI is InChI=1S/C19H22N10O2S/c1-2-12(15(30)27-6-8-28(9-7-27)19-21-5-11-32-19)22-17-24-16(20)29-18(25-17)23-14(26-29)13-4-3-10-31-13/h3-5,10-12H,2,6-9H2,1H3,(H3,20,22,23,24,25,26)/t12-/m0/s1. The van der Waals surface area contributed by atoms with Crippen LogP contribution in [0, 0.1) is 0 Å². The van der Waals surface area contributed by atoms with Crippen molar-refractivity contribution in [1.29, 1.82) is 0 Å². The molecule has 3 N–H and O–H groups in total. The topological polar surface area (TPSA) is 144 Å². The van der Waals surface area contributed by atoms with Gasteiger partial charge >= 0.3 is 0 Å². The number of nitrogens with zero attached hydrogens (tertiary/aromatic N) is 8. The number of carbonyl (C=O) groups excluding carboxylic acids is 1. The van der Waals surface area contributed by atoms with E-state index in [-0.39, 0.29) is 23.6 Å². The van der Waals surface area contributed by atoms with Gasteiger partial charge in [-0.2, -0.15) is 19.5 Å². The summed E-state index contributed by atoms with van der Waals surface area (Å²) in [5.74, 6) is 1.48. The van der Waals surface area contributed by atoms with E-state index in [1.54, 1.807) is 29.7 Å². The maximum atomic E-state index is 13.1. The monoisotopic (exact) mass is 454 g/mol. The highest BCUT2D eigenvalue weighted by Gasteiger charge is 2.28. The number of rotatable bonds is 6. The van der Waals surface area contributed by atoms with Gasteiger partial charge < -0.3 is 25.3 Å². The molecule has 4 aromatic rings. The normalized spacial score (nSPS) is 15.3. The second-order valence-electron chi connectivity index (χ2n) is 7.26. The zero-order chi connectivity index (χ0) is 22.1. The van der Waals surface area contributed by atoms with E-state index in [0.29, 0.717) is 31.1 Å². The van der Waals surface area contributed by atoms with Crippen molar-refractivity contribution in [3.05, 3.63) is 30.0 Å². The smallest absolute Gasteiger partial charge is 0.259 e. The molecule has 12 nitrogen and oxygen atoms in total. The van der Waals surface area contributed by atoms with Crippen LogP contribution in [0.15, 0.2) is 34.4 Å². The molecule has 32 heavy (non-hydrogen) atoms. The van der Waals surface area contributed by atoms with Crippen LogP contribution in [-0.2, 0) is 4.79 Å². The van der Waals surface area contributed by atoms with Crippen LogP contribution >= 0.6 is 11.3 Å². The molecule has 13 heteroatoms. The molecule has 1 aliphatic rings. The number of amides is 1. The molecule has 1 aliphatic heterocycles. The highest BCUT2D eigenvalue weighted by Crippen LogP contribution is 2.20. The highest BCUT2D eigenvalue weighted by molar-refractivity contribution is 7.13. The summed E-state index contributed by atoms with van der Waals surface area (Å²) in [6.45, 7) is 4.71. The molecule has 0 radical (unpaired) electrons. The number of thiazole rings is 1. The molecule has 5 rings (SSSR count). The lowest BCUT2D eigenvalue weighted by molar-refractivity contribution is -0.132. The van der Waals surface area contributed by atoms with Crippen LogP contribution in [0.25, 0.3) is 17.4 Å². The van der Waals surface area contributed by atoms with Crippen LogP contribution in [0.5, 0.6) is 0 Å². The minimum atomic E-state index is -0.476. The van der Waals surface area contributed by atoms with Gasteiger partial charge in [0.2, 0.25) is 23.6 Å². The quantitative estimate of drug-likeness (QED) is 0.438. The molecule has 1 atom stereocenters. The molecule has 0 aliphatic carbocycles. The van der Waals surface area contributed by atoms with Crippen molar-refractivity contribution < 1.29 is 9.21 Å². The third kappa shape index (κ3) is 3.82. The first-order valence-electron chi connectivity index (χ1n) is 10.3. The number of anilines is 3. The maximum Gasteiger partial charge on any atom is 0.259 e. The first-order valence-corrected chi connectivity index (χ1v) is 11.1. The van der Waals surface area contributed by atoms with Crippen LogP contribution in [0.2, 0.25) is 0 Å². The summed E-state index contributed by atoms with van der Waals surface area (Å²) < 4.78 is 6.67. The minimum absolute atomic E-state index is 0.00563. The van der Waals surface area contributed by atoms with Crippen molar-refractivity contribution in [2.24, 2.45) is 0 Å². The molecule has 1 saturated heterocycles. The fourth-order valence-corrected chi connectivity index (χ4v) is 4.28. The number of nitrogens with two attached hydrogens (primary N) is 1. The van der Waals surface area contributed by atoms with Crippen molar-refractivity contribution in [3.8, 4) is 11.6 Å². The Morgan fingerprint density at radius 1 is 1.28 bits per heavy atom. The number of nitrogens with one attached hydrogen (secondary N) is 1. The number of piperazine rings is 1. The lowest BCUT2D eigenvalue weighted by atomic mass is 10.2. The highest BCUT2D eigenvalue weighted by atomic mass is 32.1. The van der Waals surface area contributed by atoms with Gasteiger partial charge in [0.1, 0.15) is 6.04 Å². The number of hydrogen-bond donors (Lipinski definition) is 2. The summed E-state index contributed by atoms with van der Waals surface area (Å²) in [6.07, 6.45) is 3.91. The van der Waals surface area contributed by atoms with Crippen molar-refractivity contribution >= 4 is 40.0 Å². The van der Waals surface area contributed by atoms with Gasteiger partial charge in [0.05, 0.1) is 6.26 Å². The van der Waals surface area contributed by atoms with Gasteiger partial charge in [-0.1, -0.05) is 6.92 Å². The number of aromatic nitrogens is 6. The van der Waals surface area contributed by atoms with E-state index < -0.39 is 6.04 Å². The summed E-state index contributed by atoms with van der Waals surface area (Å²) in [5.41, 5.74) is 6.05. The molecule has 0 saturated carbocycles. The number of furan rings is 1. The summed E-state index contributed by atoms with van der Waals surface area (Å²) in [7, 11) is 0. The molecular formula is C19H22N10O2S. The third-order valence-electron chi connectivity index (χ3n) is 5.27. The molecular weight excluding hydrogens is 432 g/mol. The summed E-state index contributed by atoms with van der Waals surface area (Å²) in [5, 5.41) is 10.3. The van der Waals surface area contributed by atoms with Crippen LogP contribution in [0.1, 0.15) is 13.3 Å². The number of nitrogen functional groups attached to an aromatic ring is 1. The van der Waals surface area contributed by atoms with Gasteiger partial charge in [-0.15, -0.1) is 16.4 Å². The second kappa shape index (κ2) is 8.42. The van der Waals surface area contributed by atoms with E-state index >= 15 is 0 Å². The average molecular weight is 455 g/mol. The molecule has 0 spiro atoms. The fourth-order valence-electron chi connectivity index (χ4n) is 3.59. The van der Waals surface area contributed by atoms with E-state index in [1.165, 1.54) is 10.8 Å². The maximum absolute atomic E-state index is 13.1. The van der Waals surface area contributed by atoms with Gasteiger partial charge in [0, 0.05) is 37.8 Å². The van der Waals surface area contributed by atoms with Crippen LogP contribution in [-0.4, -0.2) is 72.6 Å². The largest absolute Gasteiger partial charge is 0.461 e. The van der Waals surface area contributed by atoms with E-state index in [1.807, 2.05) is 17.2 Å². The predicted octanol–water partition coefficient (Wildman–Crippen LogP) is 1.36. The van der Waals surface area contributed by atoms with Crippen molar-refractivity contribution in [1.82, 2.24) is 34.4 Å². The average Bonchev–Trinajstić information content (AvgIpc) is 3.58. The second-order valence-corrected chi connectivity index (χ2v) is 8.14. The van der Waals surface area contributed by atoms with E-state index in [2.05, 4.69) is 35.3 Å². The lowest BCUT2D eigenvalue weighted by Gasteiger charge is -2.36. The van der Waals surface area contributed by atoms with Crippen molar-refractivity contribution in [2.75, 3.05) is 42.1 Å². The molecule has 0 unspecified atom stereocenters. The van der Waals surface area contributed by atoms with Gasteiger partial charge in [-0.25, -0.2) is 4.98 Å². The SMILES string of the molecule is CC[C@H](Nc1nc(N)n2nc(-c3ccco3)nc2n1)C(=O)N1CCN(c2nccs2)CC1. The first-order chi connectivity index (χ1) is 15.6.